The molecule has 0 spiro atoms. The fourth-order valence-corrected chi connectivity index (χ4v) is 9.52. The number of hydrogen-bond acceptors (Lipinski definition) is 6. The van der Waals surface area contributed by atoms with Crippen LogP contribution in [0.1, 0.15) is 323 Å². The molecule has 1 atom stereocenters. The van der Waals surface area contributed by atoms with Crippen LogP contribution in [0.4, 0.5) is 0 Å². The minimum atomic E-state index is -0.790. The average Bonchev–Trinajstić information content (AvgIpc) is 3.46. The standard InChI is InChI=1S/C74H126O6/c1-4-7-10-13-16-19-22-25-28-30-32-34-35-36-37-38-39-41-42-44-46-49-52-55-58-61-64-67-73(76)79-70-71(69-78-72(75)66-63-60-57-54-51-48-27-24-21-18-15-12-9-6-3)80-74(77)68-65-62-59-56-53-50-47-45-43-40-33-31-29-26-23-20-17-14-11-8-5-2/h7-8,10-11,16-17,19-20,25-26,28-29,32-34,40,45,47,71H,4-6,9,12-15,18,21-24,27,30-31,35-39,41-44,46,48-70H2,1-3H3/b10-7-,11-8-,19-16-,20-17-,28-25-,29-26-,34-32-,40-33-,47-45-. The molecular formula is C74H126O6. The van der Waals surface area contributed by atoms with Gasteiger partial charge in [-0.05, 0) is 103 Å². The van der Waals surface area contributed by atoms with Crippen molar-refractivity contribution >= 4 is 17.9 Å². The molecule has 0 heterocycles. The third kappa shape index (κ3) is 64.9. The van der Waals surface area contributed by atoms with E-state index in [0.717, 1.165) is 135 Å². The summed E-state index contributed by atoms with van der Waals surface area (Å²) in [5.41, 5.74) is 0. The molecule has 0 aliphatic carbocycles. The van der Waals surface area contributed by atoms with Gasteiger partial charge in [-0.15, -0.1) is 0 Å². The van der Waals surface area contributed by atoms with Crippen LogP contribution in [-0.2, 0) is 28.6 Å². The van der Waals surface area contributed by atoms with Gasteiger partial charge in [0.05, 0.1) is 0 Å². The zero-order valence-corrected chi connectivity index (χ0v) is 52.6. The van der Waals surface area contributed by atoms with Crippen molar-refractivity contribution in [3.05, 3.63) is 109 Å². The van der Waals surface area contributed by atoms with Crippen molar-refractivity contribution in [2.24, 2.45) is 0 Å². The first-order chi connectivity index (χ1) is 39.5. The predicted molar refractivity (Wildman–Crippen MR) is 348 cm³/mol. The summed E-state index contributed by atoms with van der Waals surface area (Å²) in [6, 6.07) is 0. The third-order valence-electron chi connectivity index (χ3n) is 14.5. The first kappa shape index (κ1) is 76.1. The Morgan fingerprint density at radius 1 is 0.263 bits per heavy atom. The number of hydrogen-bond donors (Lipinski definition) is 0. The molecule has 0 bridgehead atoms. The molecule has 0 aromatic carbocycles. The second-order valence-corrected chi connectivity index (χ2v) is 22.3. The van der Waals surface area contributed by atoms with Crippen molar-refractivity contribution in [3.8, 4) is 0 Å². The molecule has 0 radical (unpaired) electrons. The van der Waals surface area contributed by atoms with Gasteiger partial charge in [0.1, 0.15) is 13.2 Å². The van der Waals surface area contributed by atoms with Gasteiger partial charge in [0.25, 0.3) is 0 Å². The quantitative estimate of drug-likeness (QED) is 0.0261. The summed E-state index contributed by atoms with van der Waals surface area (Å²) in [5.74, 6) is -0.890. The SMILES string of the molecule is CC/C=C\C/C=C\C/C=C\C/C=C\C/C=C\CCCCCCCC(=O)OC(COC(=O)CCCCCCCCCCCCCCCC)COC(=O)CCCCCCCCCCCCCCCC/C=C\C/C=C\C/C=C\C/C=C\CC. The highest BCUT2D eigenvalue weighted by Gasteiger charge is 2.19. The van der Waals surface area contributed by atoms with Crippen LogP contribution in [0.5, 0.6) is 0 Å². The van der Waals surface area contributed by atoms with Crippen LogP contribution >= 0.6 is 0 Å². The molecule has 458 valence electrons. The first-order valence-electron chi connectivity index (χ1n) is 33.9. The number of rotatable bonds is 61. The van der Waals surface area contributed by atoms with Gasteiger partial charge in [-0.3, -0.25) is 14.4 Å². The number of unbranched alkanes of at least 4 members (excludes halogenated alkanes) is 32. The molecule has 0 rings (SSSR count). The fraction of sp³-hybridized carbons (Fsp3) is 0.716. The first-order valence-corrected chi connectivity index (χ1v) is 33.9. The van der Waals surface area contributed by atoms with E-state index in [2.05, 4.69) is 130 Å². The van der Waals surface area contributed by atoms with Gasteiger partial charge in [0.15, 0.2) is 6.10 Å². The second-order valence-electron chi connectivity index (χ2n) is 22.3. The topological polar surface area (TPSA) is 78.9 Å². The minimum Gasteiger partial charge on any atom is -0.462 e. The van der Waals surface area contributed by atoms with Gasteiger partial charge < -0.3 is 14.2 Å². The number of carbonyl (C=O) groups excluding carboxylic acids is 3. The van der Waals surface area contributed by atoms with Gasteiger partial charge >= 0.3 is 17.9 Å². The van der Waals surface area contributed by atoms with E-state index in [0.29, 0.717) is 19.3 Å². The van der Waals surface area contributed by atoms with E-state index in [-0.39, 0.29) is 31.1 Å². The zero-order chi connectivity index (χ0) is 57.8. The lowest BCUT2D eigenvalue weighted by Crippen LogP contribution is -2.30. The molecule has 0 saturated heterocycles. The summed E-state index contributed by atoms with van der Waals surface area (Å²) >= 11 is 0. The van der Waals surface area contributed by atoms with Crippen molar-refractivity contribution in [1.29, 1.82) is 0 Å². The van der Waals surface area contributed by atoms with Gasteiger partial charge in [-0.1, -0.05) is 310 Å². The molecular weight excluding hydrogens is 985 g/mol. The van der Waals surface area contributed by atoms with Crippen LogP contribution in [0, 0.1) is 0 Å². The molecule has 0 N–H and O–H groups in total. The van der Waals surface area contributed by atoms with Crippen molar-refractivity contribution in [1.82, 2.24) is 0 Å². The molecule has 0 aliphatic heterocycles. The van der Waals surface area contributed by atoms with Crippen LogP contribution in [0.15, 0.2) is 109 Å². The summed E-state index contributed by atoms with van der Waals surface area (Å²) in [7, 11) is 0. The Balaban J connectivity index is 4.33. The molecule has 6 nitrogen and oxygen atoms in total. The Morgan fingerprint density at radius 2 is 0.487 bits per heavy atom. The minimum absolute atomic E-state index is 0.0833. The lowest BCUT2D eigenvalue weighted by molar-refractivity contribution is -0.167. The zero-order valence-electron chi connectivity index (χ0n) is 52.6. The lowest BCUT2D eigenvalue weighted by atomic mass is 10.0. The lowest BCUT2D eigenvalue weighted by Gasteiger charge is -2.18. The van der Waals surface area contributed by atoms with Gasteiger partial charge in [-0.25, -0.2) is 0 Å². The maximum Gasteiger partial charge on any atom is 0.306 e. The van der Waals surface area contributed by atoms with Gasteiger partial charge in [0, 0.05) is 19.3 Å². The highest BCUT2D eigenvalue weighted by atomic mass is 16.6. The Bertz CT molecular complexity index is 1610. The van der Waals surface area contributed by atoms with Crippen molar-refractivity contribution < 1.29 is 28.6 Å². The summed E-state index contributed by atoms with van der Waals surface area (Å²) < 4.78 is 17.0. The van der Waals surface area contributed by atoms with Crippen molar-refractivity contribution in [2.75, 3.05) is 13.2 Å². The molecule has 0 amide bonds. The summed E-state index contributed by atoms with van der Waals surface area (Å²) in [4.78, 5) is 38.4. The molecule has 0 fully saturated rings. The number of carbonyl (C=O) groups is 3. The summed E-state index contributed by atoms with van der Waals surface area (Å²) in [5, 5.41) is 0. The molecule has 6 heteroatoms. The van der Waals surface area contributed by atoms with Crippen LogP contribution < -0.4 is 0 Å². The highest BCUT2D eigenvalue weighted by Crippen LogP contribution is 2.17. The van der Waals surface area contributed by atoms with E-state index in [1.54, 1.807) is 0 Å². The van der Waals surface area contributed by atoms with Gasteiger partial charge in [0.2, 0.25) is 0 Å². The number of allylic oxidation sites excluding steroid dienone is 18. The predicted octanol–water partition coefficient (Wildman–Crippen LogP) is 23.4. The van der Waals surface area contributed by atoms with Crippen LogP contribution in [0.3, 0.4) is 0 Å². The molecule has 0 saturated carbocycles. The van der Waals surface area contributed by atoms with Crippen LogP contribution in [0.2, 0.25) is 0 Å². The molecule has 0 aromatic rings. The average molecular weight is 1110 g/mol. The monoisotopic (exact) mass is 1110 g/mol. The van der Waals surface area contributed by atoms with Gasteiger partial charge in [-0.2, -0.15) is 0 Å². The molecule has 0 aliphatic rings. The summed E-state index contributed by atoms with van der Waals surface area (Å²) in [6.07, 6.45) is 92.4. The maximum absolute atomic E-state index is 12.9. The van der Waals surface area contributed by atoms with Crippen molar-refractivity contribution in [3.63, 3.8) is 0 Å². The van der Waals surface area contributed by atoms with Crippen LogP contribution in [-0.4, -0.2) is 37.2 Å². The van der Waals surface area contributed by atoms with E-state index >= 15 is 0 Å². The molecule has 1 unspecified atom stereocenters. The van der Waals surface area contributed by atoms with E-state index in [9.17, 15) is 14.4 Å². The number of ether oxygens (including phenoxy) is 3. The second kappa shape index (κ2) is 67.6. The highest BCUT2D eigenvalue weighted by molar-refractivity contribution is 5.71. The Morgan fingerprint density at radius 3 is 0.762 bits per heavy atom. The molecule has 80 heavy (non-hydrogen) atoms. The van der Waals surface area contributed by atoms with E-state index in [1.807, 2.05) is 0 Å². The smallest absolute Gasteiger partial charge is 0.306 e. The van der Waals surface area contributed by atoms with Crippen molar-refractivity contribution in [2.45, 2.75) is 329 Å². The third-order valence-corrected chi connectivity index (χ3v) is 14.5. The van der Waals surface area contributed by atoms with Crippen LogP contribution in [0.25, 0.3) is 0 Å². The Kier molecular flexibility index (Phi) is 64.3. The van der Waals surface area contributed by atoms with E-state index in [1.165, 1.54) is 148 Å². The maximum atomic E-state index is 12.9. The number of esters is 3. The molecule has 0 aromatic heterocycles. The Hall–Kier alpha value is -3.93. The summed E-state index contributed by atoms with van der Waals surface area (Å²) in [6.45, 7) is 6.43. The van der Waals surface area contributed by atoms with E-state index in [4.69, 9.17) is 14.2 Å². The Labute approximate surface area is 495 Å². The normalized spacial score (nSPS) is 12.8. The van der Waals surface area contributed by atoms with E-state index < -0.39 is 6.10 Å². The largest absolute Gasteiger partial charge is 0.462 e. The fourth-order valence-electron chi connectivity index (χ4n) is 9.52.